The summed E-state index contributed by atoms with van der Waals surface area (Å²) in [5.41, 5.74) is 2.78. The van der Waals surface area contributed by atoms with E-state index in [1.54, 1.807) is 0 Å². The minimum atomic E-state index is -0.0991. The molecule has 0 spiro atoms. The van der Waals surface area contributed by atoms with Crippen molar-refractivity contribution in [1.29, 1.82) is 0 Å². The second-order valence-corrected chi connectivity index (χ2v) is 7.81. The first kappa shape index (κ1) is 19.3. The lowest BCUT2D eigenvalue weighted by Crippen LogP contribution is -2.45. The third kappa shape index (κ3) is 3.93. The Labute approximate surface area is 170 Å². The fourth-order valence-electron chi connectivity index (χ4n) is 3.90. The van der Waals surface area contributed by atoms with Crippen molar-refractivity contribution in [1.82, 2.24) is 19.7 Å². The molecule has 6 heteroatoms. The van der Waals surface area contributed by atoms with Crippen LogP contribution in [-0.4, -0.2) is 37.2 Å². The number of fused-ring (bicyclic) bond motifs is 1. The molecular formula is C23H26N4O2. The van der Waals surface area contributed by atoms with E-state index in [1.807, 2.05) is 64.2 Å². The van der Waals surface area contributed by atoms with E-state index in [0.29, 0.717) is 25.3 Å². The Balaban J connectivity index is 1.59. The van der Waals surface area contributed by atoms with Crippen LogP contribution >= 0.6 is 0 Å². The lowest BCUT2D eigenvalue weighted by Gasteiger charge is -2.37. The van der Waals surface area contributed by atoms with Crippen molar-refractivity contribution < 1.29 is 9.90 Å². The molecule has 1 amide bonds. The second-order valence-electron chi connectivity index (χ2n) is 7.81. The molecule has 0 unspecified atom stereocenters. The van der Waals surface area contributed by atoms with Crippen LogP contribution in [0.3, 0.4) is 0 Å². The fraction of sp³-hybridized carbons (Fsp3) is 0.348. The van der Waals surface area contributed by atoms with Crippen LogP contribution in [0, 0.1) is 5.92 Å². The number of amides is 1. The van der Waals surface area contributed by atoms with Gasteiger partial charge in [-0.1, -0.05) is 68.4 Å². The van der Waals surface area contributed by atoms with E-state index in [0.717, 1.165) is 22.5 Å². The topological polar surface area (TPSA) is 71.2 Å². The molecule has 0 fully saturated rings. The molecule has 1 aliphatic rings. The summed E-state index contributed by atoms with van der Waals surface area (Å²) in [6.45, 7) is 5.52. The van der Waals surface area contributed by atoms with Crippen molar-refractivity contribution in [3.8, 4) is 11.4 Å². The average molecular weight is 390 g/mol. The largest absolute Gasteiger partial charge is 0.392 e. The predicted octanol–water partition coefficient (Wildman–Crippen LogP) is 3.22. The van der Waals surface area contributed by atoms with E-state index < -0.39 is 0 Å². The van der Waals surface area contributed by atoms with Crippen molar-refractivity contribution in [2.24, 2.45) is 5.92 Å². The monoisotopic (exact) mass is 390 g/mol. The van der Waals surface area contributed by atoms with Gasteiger partial charge in [0.2, 0.25) is 5.91 Å². The molecule has 6 nitrogen and oxygen atoms in total. The highest BCUT2D eigenvalue weighted by molar-refractivity contribution is 5.79. The number of rotatable bonds is 5. The molecule has 1 atom stereocenters. The van der Waals surface area contributed by atoms with Crippen molar-refractivity contribution in [2.45, 2.75) is 39.5 Å². The molecular weight excluding hydrogens is 364 g/mol. The van der Waals surface area contributed by atoms with Crippen LogP contribution in [0.25, 0.3) is 11.4 Å². The van der Waals surface area contributed by atoms with Crippen LogP contribution in [0.5, 0.6) is 0 Å². The second kappa shape index (κ2) is 8.17. The molecule has 2 aromatic carbocycles. The van der Waals surface area contributed by atoms with Gasteiger partial charge in [0.15, 0.2) is 11.6 Å². The van der Waals surface area contributed by atoms with Crippen molar-refractivity contribution >= 4 is 5.91 Å². The highest BCUT2D eigenvalue weighted by Crippen LogP contribution is 2.32. The molecule has 29 heavy (non-hydrogen) atoms. The maximum Gasteiger partial charge on any atom is 0.227 e. The maximum atomic E-state index is 13.1. The molecule has 0 aliphatic carbocycles. The zero-order chi connectivity index (χ0) is 20.4. The van der Waals surface area contributed by atoms with Crippen LogP contribution in [0.4, 0.5) is 0 Å². The normalized spacial score (nSPS) is 16.1. The number of carbonyl (C=O) groups is 1. The summed E-state index contributed by atoms with van der Waals surface area (Å²) in [6, 6.07) is 17.4. The number of hydrogen-bond acceptors (Lipinski definition) is 4. The minimum absolute atomic E-state index is 0.00911. The molecule has 0 radical (unpaired) electrons. The SMILES string of the molecule is CC(C)[C@H]1c2nc(-c3ccccc3)nn2CCN1C(=O)Cc1ccc(CO)cc1. The van der Waals surface area contributed by atoms with Crippen LogP contribution in [0.15, 0.2) is 54.6 Å². The van der Waals surface area contributed by atoms with Crippen LogP contribution < -0.4 is 0 Å². The number of aliphatic hydroxyl groups is 1. The van der Waals surface area contributed by atoms with Crippen molar-refractivity contribution in [3.05, 3.63) is 71.5 Å². The molecule has 4 rings (SSSR count). The number of benzene rings is 2. The first-order chi connectivity index (χ1) is 14.1. The first-order valence-corrected chi connectivity index (χ1v) is 10.0. The highest BCUT2D eigenvalue weighted by Gasteiger charge is 2.35. The van der Waals surface area contributed by atoms with Crippen LogP contribution in [0.2, 0.25) is 0 Å². The quantitative estimate of drug-likeness (QED) is 0.726. The van der Waals surface area contributed by atoms with E-state index in [2.05, 4.69) is 13.8 Å². The van der Waals surface area contributed by atoms with Gasteiger partial charge in [-0.3, -0.25) is 4.79 Å². The standard InChI is InChI=1S/C23H26N4O2/c1-16(2)21-23-24-22(19-6-4-3-5-7-19)25-27(23)13-12-26(21)20(29)14-17-8-10-18(15-28)11-9-17/h3-11,16,21,28H,12-15H2,1-2H3/t21-/m0/s1. The van der Waals surface area contributed by atoms with Gasteiger partial charge in [-0.25, -0.2) is 9.67 Å². The Morgan fingerprint density at radius 2 is 1.76 bits per heavy atom. The summed E-state index contributed by atoms with van der Waals surface area (Å²) in [5, 5.41) is 13.9. The molecule has 2 heterocycles. The molecule has 1 aliphatic heterocycles. The number of aliphatic hydroxyl groups excluding tert-OH is 1. The predicted molar refractivity (Wildman–Crippen MR) is 111 cm³/mol. The van der Waals surface area contributed by atoms with Crippen molar-refractivity contribution in [2.75, 3.05) is 6.54 Å². The minimum Gasteiger partial charge on any atom is -0.392 e. The third-order valence-corrected chi connectivity index (χ3v) is 5.40. The lowest BCUT2D eigenvalue weighted by molar-refractivity contribution is -0.135. The van der Waals surface area contributed by atoms with Gasteiger partial charge in [-0.15, -0.1) is 0 Å². The number of nitrogens with zero attached hydrogens (tertiary/aromatic N) is 4. The Morgan fingerprint density at radius 3 is 2.41 bits per heavy atom. The zero-order valence-electron chi connectivity index (χ0n) is 16.8. The molecule has 3 aromatic rings. The number of aromatic nitrogens is 3. The van der Waals surface area contributed by atoms with Crippen LogP contribution in [-0.2, 0) is 24.4 Å². The van der Waals surface area contributed by atoms with E-state index >= 15 is 0 Å². The Bertz CT molecular complexity index is 980. The van der Waals surface area contributed by atoms with Gasteiger partial charge in [-0.05, 0) is 17.0 Å². The van der Waals surface area contributed by atoms with Gasteiger partial charge in [-0.2, -0.15) is 5.10 Å². The summed E-state index contributed by atoms with van der Waals surface area (Å²) >= 11 is 0. The van der Waals surface area contributed by atoms with E-state index in [4.69, 9.17) is 10.1 Å². The summed E-state index contributed by atoms with van der Waals surface area (Å²) in [7, 11) is 0. The molecule has 1 aromatic heterocycles. The molecule has 0 saturated heterocycles. The maximum absolute atomic E-state index is 13.1. The summed E-state index contributed by atoms with van der Waals surface area (Å²) < 4.78 is 1.95. The van der Waals surface area contributed by atoms with Crippen molar-refractivity contribution in [3.63, 3.8) is 0 Å². The molecule has 150 valence electrons. The Hall–Kier alpha value is -2.99. The Morgan fingerprint density at radius 1 is 1.07 bits per heavy atom. The number of carbonyl (C=O) groups excluding carboxylic acids is 1. The molecule has 0 bridgehead atoms. The summed E-state index contributed by atoms with van der Waals surface area (Å²) in [5.74, 6) is 1.88. The zero-order valence-corrected chi connectivity index (χ0v) is 16.8. The van der Waals surface area contributed by atoms with Gasteiger partial charge in [0.25, 0.3) is 0 Å². The summed E-state index contributed by atoms with van der Waals surface area (Å²) in [6.07, 6.45) is 0.342. The number of hydrogen-bond donors (Lipinski definition) is 1. The van der Waals surface area contributed by atoms with E-state index in [1.165, 1.54) is 0 Å². The lowest BCUT2D eigenvalue weighted by atomic mass is 9.98. The fourth-order valence-corrected chi connectivity index (χ4v) is 3.90. The van der Waals surface area contributed by atoms with Gasteiger partial charge >= 0.3 is 0 Å². The van der Waals surface area contributed by atoms with Crippen LogP contribution in [0.1, 0.15) is 36.8 Å². The average Bonchev–Trinajstić information content (AvgIpc) is 3.18. The highest BCUT2D eigenvalue weighted by atomic mass is 16.3. The van der Waals surface area contributed by atoms with Gasteiger partial charge in [0.1, 0.15) is 0 Å². The summed E-state index contributed by atoms with van der Waals surface area (Å²) in [4.78, 5) is 19.9. The van der Waals surface area contributed by atoms with Gasteiger partial charge in [0, 0.05) is 12.1 Å². The molecule has 0 saturated carbocycles. The van der Waals surface area contributed by atoms with E-state index in [-0.39, 0.29) is 24.5 Å². The smallest absolute Gasteiger partial charge is 0.227 e. The molecule has 1 N–H and O–H groups in total. The first-order valence-electron chi connectivity index (χ1n) is 10.0. The van der Waals surface area contributed by atoms with Gasteiger partial charge < -0.3 is 10.0 Å². The van der Waals surface area contributed by atoms with Gasteiger partial charge in [0.05, 0.1) is 25.6 Å². The Kier molecular flexibility index (Phi) is 5.45. The third-order valence-electron chi connectivity index (χ3n) is 5.40. The van der Waals surface area contributed by atoms with E-state index in [9.17, 15) is 9.90 Å².